The van der Waals surface area contributed by atoms with Crippen LogP contribution < -0.4 is 5.32 Å². The molecule has 0 aliphatic carbocycles. The Balaban J connectivity index is 1.62. The van der Waals surface area contributed by atoms with Gasteiger partial charge in [-0.3, -0.25) is 9.59 Å². The van der Waals surface area contributed by atoms with Crippen LogP contribution in [0.5, 0.6) is 0 Å². The van der Waals surface area contributed by atoms with Crippen molar-refractivity contribution >= 4 is 40.3 Å². The number of benzene rings is 1. The third-order valence-corrected chi connectivity index (χ3v) is 5.86. The van der Waals surface area contributed by atoms with Crippen molar-refractivity contribution in [1.29, 1.82) is 0 Å². The molecule has 1 atom stereocenters. The lowest BCUT2D eigenvalue weighted by Gasteiger charge is -2.18. The summed E-state index contributed by atoms with van der Waals surface area (Å²) in [6.07, 6.45) is 0. The number of ketones is 1. The largest absolute Gasteiger partial charge is 0.451 e. The molecule has 0 fully saturated rings. The van der Waals surface area contributed by atoms with Crippen molar-refractivity contribution in [2.24, 2.45) is 0 Å². The lowest BCUT2D eigenvalue weighted by atomic mass is 10.1. The Bertz CT molecular complexity index is 932. The van der Waals surface area contributed by atoms with E-state index < -0.39 is 11.9 Å². The molecule has 0 radical (unpaired) electrons. The van der Waals surface area contributed by atoms with Crippen molar-refractivity contribution < 1.29 is 19.1 Å². The van der Waals surface area contributed by atoms with E-state index in [2.05, 4.69) is 5.32 Å². The molecule has 0 aliphatic rings. The second-order valence-electron chi connectivity index (χ2n) is 5.72. The molecule has 1 aromatic carbocycles. The zero-order valence-electron chi connectivity index (χ0n) is 14.5. The molecule has 1 amide bonds. The van der Waals surface area contributed by atoms with Crippen LogP contribution in [0.2, 0.25) is 0 Å². The summed E-state index contributed by atoms with van der Waals surface area (Å²) in [5, 5.41) is 4.85. The normalized spacial score (nSPS) is 11.6. The Hall–Kier alpha value is -2.77. The van der Waals surface area contributed by atoms with Crippen LogP contribution in [0.4, 0.5) is 0 Å². The minimum atomic E-state index is -0.616. The highest BCUT2D eigenvalue weighted by molar-refractivity contribution is 7.15. The maximum absolute atomic E-state index is 12.3. The summed E-state index contributed by atoms with van der Waals surface area (Å²) in [5.74, 6) is -1.12. The van der Waals surface area contributed by atoms with Crippen molar-refractivity contribution in [2.75, 3.05) is 6.61 Å². The minimum absolute atomic E-state index is 0.113. The van der Waals surface area contributed by atoms with Gasteiger partial charge in [0.1, 0.15) is 4.88 Å². The Morgan fingerprint density at radius 3 is 2.37 bits per heavy atom. The fraction of sp³-hybridized carbons (Fsp3) is 0.150. The number of ether oxygens (including phenoxy) is 1. The predicted octanol–water partition coefficient (Wildman–Crippen LogP) is 4.07. The summed E-state index contributed by atoms with van der Waals surface area (Å²) in [5.41, 5.74) is 0.948. The predicted molar refractivity (Wildman–Crippen MR) is 105 cm³/mol. The van der Waals surface area contributed by atoms with Gasteiger partial charge in [0.15, 0.2) is 12.4 Å². The monoisotopic (exact) mass is 399 g/mol. The molecule has 0 unspecified atom stereocenters. The summed E-state index contributed by atoms with van der Waals surface area (Å²) < 4.78 is 5.09. The number of hydrogen-bond acceptors (Lipinski definition) is 6. The molecule has 0 aliphatic heterocycles. The molecule has 0 bridgehead atoms. The molecule has 27 heavy (non-hydrogen) atoms. The first-order valence-electron chi connectivity index (χ1n) is 8.20. The molecule has 138 valence electrons. The Kier molecular flexibility index (Phi) is 6.16. The number of carbonyl (C=O) groups excluding carboxylic acids is 3. The molecular weight excluding hydrogens is 382 g/mol. The average molecular weight is 399 g/mol. The van der Waals surface area contributed by atoms with E-state index >= 15 is 0 Å². The zero-order chi connectivity index (χ0) is 19.2. The van der Waals surface area contributed by atoms with E-state index in [1.807, 2.05) is 47.8 Å². The first kappa shape index (κ1) is 19.0. The SMILES string of the molecule is CC(=O)c1ccc(C(=O)OCC(=O)N[C@H](c2ccccc2)c2cccs2)s1. The molecule has 7 heteroatoms. The lowest BCUT2D eigenvalue weighted by molar-refractivity contribution is -0.124. The number of thiophene rings is 2. The minimum Gasteiger partial charge on any atom is -0.451 e. The van der Waals surface area contributed by atoms with E-state index in [4.69, 9.17) is 4.74 Å². The molecule has 0 spiro atoms. The highest BCUT2D eigenvalue weighted by Gasteiger charge is 2.19. The highest BCUT2D eigenvalue weighted by Crippen LogP contribution is 2.26. The quantitative estimate of drug-likeness (QED) is 0.480. The average Bonchev–Trinajstić information content (AvgIpc) is 3.36. The number of esters is 1. The van der Waals surface area contributed by atoms with Gasteiger partial charge in [-0.05, 0) is 36.1 Å². The van der Waals surface area contributed by atoms with Crippen molar-refractivity contribution in [2.45, 2.75) is 13.0 Å². The van der Waals surface area contributed by atoms with E-state index in [0.29, 0.717) is 9.75 Å². The van der Waals surface area contributed by atoms with Gasteiger partial charge in [-0.2, -0.15) is 0 Å². The van der Waals surface area contributed by atoms with Crippen LogP contribution in [0.3, 0.4) is 0 Å². The van der Waals surface area contributed by atoms with Gasteiger partial charge in [-0.25, -0.2) is 4.79 Å². The molecule has 2 aromatic heterocycles. The zero-order valence-corrected chi connectivity index (χ0v) is 16.1. The summed E-state index contributed by atoms with van der Waals surface area (Å²) in [4.78, 5) is 37.5. The number of carbonyl (C=O) groups is 3. The van der Waals surface area contributed by atoms with E-state index in [1.54, 1.807) is 17.4 Å². The van der Waals surface area contributed by atoms with Crippen molar-refractivity contribution in [3.05, 3.63) is 80.2 Å². The van der Waals surface area contributed by atoms with E-state index in [9.17, 15) is 14.4 Å². The smallest absolute Gasteiger partial charge is 0.348 e. The number of nitrogens with one attached hydrogen (secondary N) is 1. The molecule has 0 saturated carbocycles. The summed E-state index contributed by atoms with van der Waals surface area (Å²) in [6.45, 7) is 1.05. The van der Waals surface area contributed by atoms with Gasteiger partial charge in [0.05, 0.1) is 10.9 Å². The van der Waals surface area contributed by atoms with Crippen LogP contribution in [0.15, 0.2) is 60.0 Å². The maximum atomic E-state index is 12.3. The molecular formula is C20H17NO4S2. The Labute approximate surface area is 164 Å². The fourth-order valence-corrected chi connectivity index (χ4v) is 4.06. The van der Waals surface area contributed by atoms with Crippen LogP contribution >= 0.6 is 22.7 Å². The maximum Gasteiger partial charge on any atom is 0.348 e. The Morgan fingerprint density at radius 2 is 1.74 bits per heavy atom. The van der Waals surface area contributed by atoms with Gasteiger partial charge in [0, 0.05) is 4.88 Å². The molecule has 5 nitrogen and oxygen atoms in total. The summed E-state index contributed by atoms with van der Waals surface area (Å²) >= 11 is 2.60. The first-order chi connectivity index (χ1) is 13.0. The van der Waals surface area contributed by atoms with Crippen LogP contribution in [0, 0.1) is 0 Å². The van der Waals surface area contributed by atoms with Crippen molar-refractivity contribution in [3.8, 4) is 0 Å². The van der Waals surface area contributed by atoms with Gasteiger partial charge < -0.3 is 10.1 Å². The number of rotatable bonds is 7. The van der Waals surface area contributed by atoms with E-state index in [-0.39, 0.29) is 18.4 Å². The van der Waals surface area contributed by atoms with Gasteiger partial charge in [0.2, 0.25) is 0 Å². The topological polar surface area (TPSA) is 72.5 Å². The fourth-order valence-electron chi connectivity index (χ4n) is 2.46. The summed E-state index contributed by atoms with van der Waals surface area (Å²) in [7, 11) is 0. The first-order valence-corrected chi connectivity index (χ1v) is 9.90. The van der Waals surface area contributed by atoms with E-state index in [1.165, 1.54) is 13.0 Å². The number of hydrogen-bond donors (Lipinski definition) is 1. The van der Waals surface area contributed by atoms with Gasteiger partial charge >= 0.3 is 5.97 Å². The van der Waals surface area contributed by atoms with E-state index in [0.717, 1.165) is 21.8 Å². The molecule has 3 aromatic rings. The Morgan fingerprint density at radius 1 is 1.00 bits per heavy atom. The standard InChI is InChI=1S/C20H17NO4S2/c1-13(22)15-9-10-17(27-15)20(24)25-12-18(23)21-19(16-8-5-11-26-16)14-6-3-2-4-7-14/h2-11,19H,12H2,1H3,(H,21,23)/t19-/m1/s1. The lowest BCUT2D eigenvalue weighted by Crippen LogP contribution is -2.32. The van der Waals surface area contributed by atoms with Crippen molar-refractivity contribution in [3.63, 3.8) is 0 Å². The van der Waals surface area contributed by atoms with Gasteiger partial charge in [-0.15, -0.1) is 22.7 Å². The van der Waals surface area contributed by atoms with Gasteiger partial charge in [0.25, 0.3) is 5.91 Å². The van der Waals surface area contributed by atoms with Crippen LogP contribution in [-0.4, -0.2) is 24.3 Å². The second-order valence-corrected chi connectivity index (χ2v) is 7.79. The molecule has 0 saturated heterocycles. The molecule has 3 rings (SSSR count). The third kappa shape index (κ3) is 4.90. The summed E-state index contributed by atoms with van der Waals surface area (Å²) in [6, 6.07) is 16.3. The van der Waals surface area contributed by atoms with Crippen molar-refractivity contribution in [1.82, 2.24) is 5.32 Å². The van der Waals surface area contributed by atoms with Gasteiger partial charge in [-0.1, -0.05) is 36.4 Å². The number of Topliss-reactive ketones (excluding diaryl/α,β-unsaturated/α-hetero) is 1. The number of amides is 1. The second kappa shape index (κ2) is 8.75. The van der Waals surface area contributed by atoms with Crippen LogP contribution in [0.25, 0.3) is 0 Å². The van der Waals surface area contributed by atoms with Crippen LogP contribution in [-0.2, 0) is 9.53 Å². The van der Waals surface area contributed by atoms with Crippen LogP contribution in [0.1, 0.15) is 42.7 Å². The molecule has 2 heterocycles. The highest BCUT2D eigenvalue weighted by atomic mass is 32.1. The molecule has 1 N–H and O–H groups in total. The third-order valence-electron chi connectivity index (χ3n) is 3.75.